The fourth-order valence-corrected chi connectivity index (χ4v) is 5.99. The number of rotatable bonds is 5. The average molecular weight is 487 g/mol. The lowest BCUT2D eigenvalue weighted by Gasteiger charge is -2.35. The van der Waals surface area contributed by atoms with E-state index in [1.54, 1.807) is 20.3 Å². The third kappa shape index (κ3) is 4.48. The van der Waals surface area contributed by atoms with Crippen LogP contribution in [0.3, 0.4) is 0 Å². The summed E-state index contributed by atoms with van der Waals surface area (Å²) >= 11 is 0. The molecule has 0 fully saturated rings. The van der Waals surface area contributed by atoms with Crippen molar-refractivity contribution in [1.82, 2.24) is 4.31 Å². The number of non-ortho nitro benzene ring substituents is 1. The minimum atomic E-state index is -3.95. The molecule has 5 rings (SSSR count). The second-order valence-electron chi connectivity index (χ2n) is 8.49. The summed E-state index contributed by atoms with van der Waals surface area (Å²) in [5.74, 6) is 0.583. The van der Waals surface area contributed by atoms with Gasteiger partial charge in [-0.3, -0.25) is 14.9 Å². The summed E-state index contributed by atoms with van der Waals surface area (Å²) in [6.45, 7) is 0.309. The maximum Gasteiger partial charge on any atom is 0.269 e. The lowest BCUT2D eigenvalue weighted by molar-refractivity contribution is -0.384. The number of carbonyl (C=O) groups excluding carboxylic acids is 1. The quantitative estimate of drug-likeness (QED) is 0.470. The molecular weight excluding hydrogens is 460 g/mol. The molecule has 2 bridgehead atoms. The van der Waals surface area contributed by atoms with Crippen LogP contribution in [-0.2, 0) is 26.0 Å². The number of ketones is 1. The number of Topliss-reactive ketones (excluding diaryl/α,β-unsaturated/α-hetero) is 1. The van der Waals surface area contributed by atoms with Gasteiger partial charge in [0.25, 0.3) is 5.69 Å². The molecule has 34 heavy (non-hydrogen) atoms. The minimum Gasteiger partial charge on any atom is -0.497 e. The highest BCUT2D eigenvalue weighted by atomic mass is 32.2. The van der Waals surface area contributed by atoms with Crippen molar-refractivity contribution in [2.45, 2.75) is 36.2 Å². The van der Waals surface area contributed by atoms with Gasteiger partial charge in [-0.25, -0.2) is 8.42 Å². The average Bonchev–Trinajstić information content (AvgIpc) is 2.88. The van der Waals surface area contributed by atoms with E-state index in [0.29, 0.717) is 30.6 Å². The van der Waals surface area contributed by atoms with Gasteiger partial charge in [0, 0.05) is 44.3 Å². The summed E-state index contributed by atoms with van der Waals surface area (Å²) in [6.07, 6.45) is 3.24. The molecule has 0 radical (unpaired) electrons. The zero-order valence-corrected chi connectivity index (χ0v) is 19.8. The lowest BCUT2D eigenvalue weighted by Crippen LogP contribution is -2.42. The molecular formula is C24H26N2O7S. The lowest BCUT2D eigenvalue weighted by atomic mass is 9.79. The fourth-order valence-electron chi connectivity index (χ4n) is 4.55. The molecule has 2 heterocycles. The molecule has 3 aliphatic rings. The van der Waals surface area contributed by atoms with Crippen LogP contribution in [0.25, 0.3) is 5.57 Å². The van der Waals surface area contributed by atoms with Crippen molar-refractivity contribution in [2.24, 2.45) is 0 Å². The van der Waals surface area contributed by atoms with Crippen LogP contribution >= 0.6 is 0 Å². The van der Waals surface area contributed by atoms with Crippen molar-refractivity contribution < 1.29 is 27.6 Å². The van der Waals surface area contributed by atoms with Crippen LogP contribution in [0.5, 0.6) is 5.75 Å². The smallest absolute Gasteiger partial charge is 0.269 e. The first kappa shape index (κ1) is 24.1. The number of benzene rings is 2. The van der Waals surface area contributed by atoms with Crippen molar-refractivity contribution in [3.05, 3.63) is 69.8 Å². The SMILES string of the molecule is COc1ccc2c(c1)CCN(S(=O)(=O)c1ccc([N+](=O)[O-])cc1)CCC1(OC)CC=C2C(=O)C1. The molecule has 9 nitrogen and oxygen atoms in total. The summed E-state index contributed by atoms with van der Waals surface area (Å²) < 4.78 is 39.5. The predicted octanol–water partition coefficient (Wildman–Crippen LogP) is 3.37. The van der Waals surface area contributed by atoms with E-state index in [1.807, 2.05) is 18.2 Å². The third-order valence-electron chi connectivity index (χ3n) is 6.63. The number of carbonyl (C=O) groups is 1. The van der Waals surface area contributed by atoms with Gasteiger partial charge < -0.3 is 9.47 Å². The molecule has 1 aliphatic carbocycles. The summed E-state index contributed by atoms with van der Waals surface area (Å²) in [5, 5.41) is 11.0. The van der Waals surface area contributed by atoms with Crippen molar-refractivity contribution >= 4 is 27.1 Å². The molecule has 0 saturated carbocycles. The zero-order valence-electron chi connectivity index (χ0n) is 19.0. The first-order valence-corrected chi connectivity index (χ1v) is 12.3. The maximum absolute atomic E-state index is 13.5. The normalized spacial score (nSPS) is 21.4. The molecule has 1 atom stereocenters. The van der Waals surface area contributed by atoms with Gasteiger partial charge in [0.15, 0.2) is 5.78 Å². The monoisotopic (exact) mass is 486 g/mol. The van der Waals surface area contributed by atoms with E-state index >= 15 is 0 Å². The van der Waals surface area contributed by atoms with Crippen molar-refractivity contribution in [3.63, 3.8) is 0 Å². The van der Waals surface area contributed by atoms with E-state index in [4.69, 9.17) is 9.47 Å². The number of ether oxygens (including phenoxy) is 2. The Hall–Kier alpha value is -3.08. The number of hydrogen-bond acceptors (Lipinski definition) is 7. The number of hydrogen-bond donors (Lipinski definition) is 0. The van der Waals surface area contributed by atoms with E-state index in [2.05, 4.69) is 0 Å². The molecule has 180 valence electrons. The molecule has 0 aromatic heterocycles. The summed E-state index contributed by atoms with van der Waals surface area (Å²) in [7, 11) is -0.854. The summed E-state index contributed by atoms with van der Waals surface area (Å²) in [4.78, 5) is 23.5. The Labute approximate surface area is 198 Å². The van der Waals surface area contributed by atoms with Crippen LogP contribution in [-0.4, -0.2) is 56.3 Å². The first-order valence-electron chi connectivity index (χ1n) is 10.9. The molecule has 0 N–H and O–H groups in total. The van der Waals surface area contributed by atoms with Crippen LogP contribution in [0.1, 0.15) is 30.4 Å². The molecule has 10 heteroatoms. The number of sulfonamides is 1. The van der Waals surface area contributed by atoms with Gasteiger partial charge in [0.2, 0.25) is 10.0 Å². The zero-order chi connectivity index (χ0) is 24.5. The molecule has 2 aliphatic heterocycles. The van der Waals surface area contributed by atoms with E-state index in [-0.39, 0.29) is 35.9 Å². The molecule has 0 spiro atoms. The second-order valence-corrected chi connectivity index (χ2v) is 10.4. The van der Waals surface area contributed by atoms with E-state index in [1.165, 1.54) is 28.6 Å². The topological polar surface area (TPSA) is 116 Å². The van der Waals surface area contributed by atoms with Gasteiger partial charge in [0.05, 0.1) is 22.5 Å². The molecule has 0 saturated heterocycles. The first-order chi connectivity index (χ1) is 16.2. The van der Waals surface area contributed by atoms with Crippen molar-refractivity contribution in [3.8, 4) is 5.75 Å². The number of fused-ring (bicyclic) bond motifs is 6. The Bertz CT molecular complexity index is 1250. The fraction of sp³-hybridized carbons (Fsp3) is 0.375. The van der Waals surface area contributed by atoms with Crippen LogP contribution in [0.2, 0.25) is 0 Å². The minimum absolute atomic E-state index is 0.0217. The maximum atomic E-state index is 13.5. The highest BCUT2D eigenvalue weighted by Crippen LogP contribution is 2.38. The number of methoxy groups -OCH3 is 2. The number of nitro benzene ring substituents is 1. The highest BCUT2D eigenvalue weighted by Gasteiger charge is 2.39. The van der Waals surface area contributed by atoms with Gasteiger partial charge in [0.1, 0.15) is 5.75 Å². The van der Waals surface area contributed by atoms with E-state index in [9.17, 15) is 23.3 Å². The van der Waals surface area contributed by atoms with Crippen LogP contribution < -0.4 is 4.74 Å². The number of allylic oxidation sites excluding steroid dienone is 1. The molecule has 0 amide bonds. The van der Waals surface area contributed by atoms with Crippen LogP contribution in [0.4, 0.5) is 5.69 Å². The molecule has 2 aromatic rings. The van der Waals surface area contributed by atoms with Gasteiger partial charge in [-0.1, -0.05) is 12.1 Å². The highest BCUT2D eigenvalue weighted by molar-refractivity contribution is 7.89. The van der Waals surface area contributed by atoms with Gasteiger partial charge in [-0.15, -0.1) is 0 Å². The summed E-state index contributed by atoms with van der Waals surface area (Å²) in [6, 6.07) is 10.3. The Morgan fingerprint density at radius 2 is 1.82 bits per heavy atom. The van der Waals surface area contributed by atoms with E-state index in [0.717, 1.165) is 11.1 Å². The Kier molecular flexibility index (Phi) is 6.57. The standard InChI is InChI=1S/C24H26N2O7S/c1-32-19-5-8-21-17(15-19)10-13-25(14-12-24(33-2)11-9-22(21)23(27)16-24)34(30,31)20-6-3-18(4-7-20)26(28)29/h3-9,15H,10-14,16H2,1-2H3. The summed E-state index contributed by atoms with van der Waals surface area (Å²) in [5.41, 5.74) is 1.23. The number of nitro groups is 1. The van der Waals surface area contributed by atoms with Crippen molar-refractivity contribution in [2.75, 3.05) is 27.3 Å². The predicted molar refractivity (Wildman–Crippen MR) is 125 cm³/mol. The largest absolute Gasteiger partial charge is 0.497 e. The Morgan fingerprint density at radius 3 is 2.44 bits per heavy atom. The van der Waals surface area contributed by atoms with Gasteiger partial charge in [-0.2, -0.15) is 4.31 Å². The molecule has 1 unspecified atom stereocenters. The third-order valence-corrected chi connectivity index (χ3v) is 8.54. The van der Waals surface area contributed by atoms with Crippen LogP contribution in [0, 0.1) is 10.1 Å². The van der Waals surface area contributed by atoms with Gasteiger partial charge in [-0.05, 0) is 54.7 Å². The van der Waals surface area contributed by atoms with E-state index < -0.39 is 20.5 Å². The second kappa shape index (κ2) is 9.28. The Balaban J connectivity index is 1.76. The Morgan fingerprint density at radius 1 is 1.09 bits per heavy atom. The van der Waals surface area contributed by atoms with Crippen LogP contribution in [0.15, 0.2) is 53.4 Å². The number of nitrogens with zero attached hydrogens (tertiary/aromatic N) is 2. The van der Waals surface area contributed by atoms with Gasteiger partial charge >= 0.3 is 0 Å². The van der Waals surface area contributed by atoms with Crippen molar-refractivity contribution in [1.29, 1.82) is 0 Å². The molecule has 2 aromatic carbocycles.